The third kappa shape index (κ3) is 2.94. The Morgan fingerprint density at radius 3 is 2.47 bits per heavy atom. The first kappa shape index (κ1) is 11.9. The van der Waals surface area contributed by atoms with Gasteiger partial charge in [0, 0.05) is 4.47 Å². The standard InChI is InChI=1S/C14H11BrO2/c1-10-7-8-12(9-13(10)15)17-14(16)11-5-3-2-4-6-11/h2-9H,1H3. The highest BCUT2D eigenvalue weighted by Gasteiger charge is 2.08. The number of ether oxygens (including phenoxy) is 1. The Kier molecular flexibility index (Phi) is 3.59. The van der Waals surface area contributed by atoms with Crippen LogP contribution in [0.4, 0.5) is 0 Å². The summed E-state index contributed by atoms with van der Waals surface area (Å²) in [7, 11) is 0. The van der Waals surface area contributed by atoms with E-state index in [4.69, 9.17) is 4.74 Å². The van der Waals surface area contributed by atoms with Gasteiger partial charge in [-0.25, -0.2) is 4.79 Å². The lowest BCUT2D eigenvalue weighted by Gasteiger charge is -2.05. The number of hydrogen-bond acceptors (Lipinski definition) is 2. The van der Waals surface area contributed by atoms with Gasteiger partial charge in [-0.2, -0.15) is 0 Å². The number of rotatable bonds is 2. The van der Waals surface area contributed by atoms with Crippen LogP contribution in [0.1, 0.15) is 15.9 Å². The minimum Gasteiger partial charge on any atom is -0.423 e. The molecule has 0 atom stereocenters. The summed E-state index contributed by atoms with van der Waals surface area (Å²) in [6, 6.07) is 14.4. The van der Waals surface area contributed by atoms with Crippen molar-refractivity contribution in [3.8, 4) is 5.75 Å². The van der Waals surface area contributed by atoms with Gasteiger partial charge in [0.1, 0.15) is 5.75 Å². The van der Waals surface area contributed by atoms with Gasteiger partial charge in [0.15, 0.2) is 0 Å². The van der Waals surface area contributed by atoms with Gasteiger partial charge in [-0.3, -0.25) is 0 Å². The molecule has 17 heavy (non-hydrogen) atoms. The molecule has 3 heteroatoms. The fourth-order valence-electron chi connectivity index (χ4n) is 1.38. The molecule has 0 amide bonds. The Morgan fingerprint density at radius 2 is 1.82 bits per heavy atom. The highest BCUT2D eigenvalue weighted by atomic mass is 79.9. The molecule has 0 aromatic heterocycles. The molecule has 0 aliphatic carbocycles. The summed E-state index contributed by atoms with van der Waals surface area (Å²) in [5.41, 5.74) is 1.65. The molecule has 2 nitrogen and oxygen atoms in total. The third-order valence-corrected chi connectivity index (χ3v) is 3.22. The Hall–Kier alpha value is -1.61. The van der Waals surface area contributed by atoms with Gasteiger partial charge in [-0.05, 0) is 36.8 Å². The minimum absolute atomic E-state index is 0.346. The fraction of sp³-hybridized carbons (Fsp3) is 0.0714. The van der Waals surface area contributed by atoms with Gasteiger partial charge >= 0.3 is 5.97 Å². The van der Waals surface area contributed by atoms with E-state index < -0.39 is 0 Å². The van der Waals surface area contributed by atoms with Crippen molar-refractivity contribution in [1.82, 2.24) is 0 Å². The fourth-order valence-corrected chi connectivity index (χ4v) is 1.74. The molecular weight excluding hydrogens is 280 g/mol. The van der Waals surface area contributed by atoms with Crippen LogP contribution in [-0.2, 0) is 0 Å². The third-order valence-electron chi connectivity index (χ3n) is 2.36. The molecule has 0 saturated carbocycles. The second kappa shape index (κ2) is 5.15. The largest absolute Gasteiger partial charge is 0.423 e. The van der Waals surface area contributed by atoms with Crippen molar-refractivity contribution in [2.75, 3.05) is 0 Å². The Bertz CT molecular complexity index is 535. The Balaban J connectivity index is 2.16. The number of benzene rings is 2. The summed E-state index contributed by atoms with van der Waals surface area (Å²) in [5, 5.41) is 0. The van der Waals surface area contributed by atoms with E-state index in [-0.39, 0.29) is 5.97 Å². The van der Waals surface area contributed by atoms with Crippen molar-refractivity contribution in [3.63, 3.8) is 0 Å². The number of carbonyl (C=O) groups excluding carboxylic acids is 1. The number of halogens is 1. The summed E-state index contributed by atoms with van der Waals surface area (Å²) in [4.78, 5) is 11.8. The average molecular weight is 291 g/mol. The molecule has 0 bridgehead atoms. The van der Waals surface area contributed by atoms with Crippen LogP contribution in [0.2, 0.25) is 0 Å². The second-order valence-electron chi connectivity index (χ2n) is 3.67. The van der Waals surface area contributed by atoms with E-state index in [0.717, 1.165) is 10.0 Å². The zero-order valence-electron chi connectivity index (χ0n) is 9.31. The van der Waals surface area contributed by atoms with E-state index in [1.54, 1.807) is 24.3 Å². The maximum absolute atomic E-state index is 11.8. The van der Waals surface area contributed by atoms with Crippen LogP contribution in [0.15, 0.2) is 53.0 Å². The molecule has 0 fully saturated rings. The van der Waals surface area contributed by atoms with Gasteiger partial charge in [-0.1, -0.05) is 40.2 Å². The number of carbonyl (C=O) groups is 1. The second-order valence-corrected chi connectivity index (χ2v) is 4.52. The number of esters is 1. The van der Waals surface area contributed by atoms with Crippen molar-refractivity contribution in [1.29, 1.82) is 0 Å². The van der Waals surface area contributed by atoms with Crippen LogP contribution in [0, 0.1) is 6.92 Å². The van der Waals surface area contributed by atoms with Gasteiger partial charge < -0.3 is 4.74 Å². The van der Waals surface area contributed by atoms with Crippen molar-refractivity contribution in [3.05, 3.63) is 64.1 Å². The SMILES string of the molecule is Cc1ccc(OC(=O)c2ccccc2)cc1Br. The molecule has 0 saturated heterocycles. The zero-order chi connectivity index (χ0) is 12.3. The van der Waals surface area contributed by atoms with Gasteiger partial charge in [0.25, 0.3) is 0 Å². The van der Waals surface area contributed by atoms with E-state index in [9.17, 15) is 4.79 Å². The van der Waals surface area contributed by atoms with E-state index in [1.807, 2.05) is 31.2 Å². The summed E-state index contributed by atoms with van der Waals surface area (Å²) >= 11 is 3.40. The molecule has 2 aromatic carbocycles. The molecule has 86 valence electrons. The normalized spacial score (nSPS) is 10.0. The minimum atomic E-state index is -0.346. The van der Waals surface area contributed by atoms with Crippen LogP contribution in [0.3, 0.4) is 0 Å². The molecule has 2 rings (SSSR count). The lowest BCUT2D eigenvalue weighted by molar-refractivity contribution is 0.0734. The lowest BCUT2D eigenvalue weighted by atomic mass is 10.2. The molecule has 0 heterocycles. The molecule has 0 aliphatic heterocycles. The topological polar surface area (TPSA) is 26.3 Å². The van der Waals surface area contributed by atoms with Crippen LogP contribution < -0.4 is 4.74 Å². The maximum Gasteiger partial charge on any atom is 0.343 e. The van der Waals surface area contributed by atoms with E-state index in [1.165, 1.54) is 0 Å². The number of hydrogen-bond donors (Lipinski definition) is 0. The Labute approximate surface area is 108 Å². The molecule has 2 aromatic rings. The van der Waals surface area contributed by atoms with Crippen LogP contribution in [0.25, 0.3) is 0 Å². The van der Waals surface area contributed by atoms with Crippen molar-refractivity contribution in [2.45, 2.75) is 6.92 Å². The van der Waals surface area contributed by atoms with Crippen molar-refractivity contribution >= 4 is 21.9 Å². The predicted molar refractivity (Wildman–Crippen MR) is 70.3 cm³/mol. The van der Waals surface area contributed by atoms with Crippen LogP contribution in [-0.4, -0.2) is 5.97 Å². The number of aryl methyl sites for hydroxylation is 1. The van der Waals surface area contributed by atoms with Crippen molar-refractivity contribution < 1.29 is 9.53 Å². The maximum atomic E-state index is 11.8. The molecule has 0 spiro atoms. The van der Waals surface area contributed by atoms with E-state index in [2.05, 4.69) is 15.9 Å². The van der Waals surface area contributed by atoms with E-state index >= 15 is 0 Å². The quantitative estimate of drug-likeness (QED) is 0.618. The van der Waals surface area contributed by atoms with Crippen molar-refractivity contribution in [2.24, 2.45) is 0 Å². The van der Waals surface area contributed by atoms with E-state index in [0.29, 0.717) is 11.3 Å². The van der Waals surface area contributed by atoms with Gasteiger partial charge in [0.05, 0.1) is 5.56 Å². The smallest absolute Gasteiger partial charge is 0.343 e. The first-order valence-corrected chi connectivity index (χ1v) is 5.99. The predicted octanol–water partition coefficient (Wildman–Crippen LogP) is 3.98. The summed E-state index contributed by atoms with van der Waals surface area (Å²) in [6.45, 7) is 1.98. The van der Waals surface area contributed by atoms with Crippen LogP contribution >= 0.6 is 15.9 Å². The Morgan fingerprint density at radius 1 is 1.12 bits per heavy atom. The van der Waals surface area contributed by atoms with Crippen LogP contribution in [0.5, 0.6) is 5.75 Å². The molecule has 0 N–H and O–H groups in total. The monoisotopic (exact) mass is 290 g/mol. The highest BCUT2D eigenvalue weighted by molar-refractivity contribution is 9.10. The first-order valence-electron chi connectivity index (χ1n) is 5.20. The molecule has 0 unspecified atom stereocenters. The first-order chi connectivity index (χ1) is 8.16. The summed E-state index contributed by atoms with van der Waals surface area (Å²) in [5.74, 6) is 0.192. The van der Waals surface area contributed by atoms with Gasteiger partial charge in [0.2, 0.25) is 0 Å². The average Bonchev–Trinajstić information content (AvgIpc) is 2.35. The molecule has 0 aliphatic rings. The van der Waals surface area contributed by atoms with Gasteiger partial charge in [-0.15, -0.1) is 0 Å². The summed E-state index contributed by atoms with van der Waals surface area (Å²) in [6.07, 6.45) is 0. The zero-order valence-corrected chi connectivity index (χ0v) is 10.9. The highest BCUT2D eigenvalue weighted by Crippen LogP contribution is 2.22. The molecular formula is C14H11BrO2. The summed E-state index contributed by atoms with van der Waals surface area (Å²) < 4.78 is 6.19. The lowest BCUT2D eigenvalue weighted by Crippen LogP contribution is -2.08. The molecule has 0 radical (unpaired) electrons.